The minimum absolute atomic E-state index is 0.0240. The summed E-state index contributed by atoms with van der Waals surface area (Å²) >= 11 is 0. The number of nitrogens with zero attached hydrogens (tertiary/aromatic N) is 1. The average Bonchev–Trinajstić information content (AvgIpc) is 3.34. The Morgan fingerprint density at radius 1 is 0.437 bits per heavy atom. The van der Waals surface area contributed by atoms with Gasteiger partial charge in [0, 0.05) is 6.42 Å². The number of allylic oxidation sites excluding steroid dienone is 17. The molecule has 404 valence electrons. The van der Waals surface area contributed by atoms with Crippen molar-refractivity contribution in [1.82, 2.24) is 0 Å². The molecule has 2 atom stereocenters. The van der Waals surface area contributed by atoms with Crippen LogP contribution in [0.25, 0.3) is 0 Å². The van der Waals surface area contributed by atoms with Crippen LogP contribution in [0.15, 0.2) is 109 Å². The Bertz CT molecular complexity index is 1530. The molecule has 0 aliphatic heterocycles. The number of unbranched alkanes of at least 4 members (excludes halogenated alkanes) is 18. The summed E-state index contributed by atoms with van der Waals surface area (Å²) in [6.07, 6.45) is 69.3. The lowest BCUT2D eigenvalue weighted by molar-refractivity contribution is -0.870. The number of esters is 2. The highest BCUT2D eigenvalue weighted by Crippen LogP contribution is 2.16. The Morgan fingerprint density at radius 2 is 0.803 bits per heavy atom. The van der Waals surface area contributed by atoms with E-state index in [4.69, 9.17) is 18.9 Å². The zero-order valence-electron chi connectivity index (χ0n) is 45.8. The molecule has 0 bridgehead atoms. The second-order valence-corrected chi connectivity index (χ2v) is 19.5. The molecule has 0 aromatic rings. The normalized spacial score (nSPS) is 13.6. The third-order valence-corrected chi connectivity index (χ3v) is 11.6. The van der Waals surface area contributed by atoms with Crippen molar-refractivity contribution in [2.75, 3.05) is 47.5 Å². The number of ether oxygens (including phenoxy) is 4. The summed E-state index contributed by atoms with van der Waals surface area (Å²) in [4.78, 5) is 37.2. The van der Waals surface area contributed by atoms with Crippen molar-refractivity contribution < 1.29 is 42.9 Å². The lowest BCUT2D eigenvalue weighted by Crippen LogP contribution is -2.40. The van der Waals surface area contributed by atoms with E-state index < -0.39 is 24.3 Å². The van der Waals surface area contributed by atoms with Crippen LogP contribution in [0.3, 0.4) is 0 Å². The van der Waals surface area contributed by atoms with Gasteiger partial charge in [-0.2, -0.15) is 0 Å². The van der Waals surface area contributed by atoms with E-state index >= 15 is 0 Å². The number of rotatable bonds is 50. The number of hydrogen-bond donors (Lipinski definition) is 1. The molecule has 9 heteroatoms. The lowest BCUT2D eigenvalue weighted by Gasteiger charge is -2.25. The molecule has 0 fully saturated rings. The second kappa shape index (κ2) is 52.3. The van der Waals surface area contributed by atoms with E-state index in [-0.39, 0.29) is 38.6 Å². The zero-order chi connectivity index (χ0) is 52.0. The van der Waals surface area contributed by atoms with Crippen LogP contribution in [0.5, 0.6) is 0 Å². The molecule has 2 unspecified atom stereocenters. The van der Waals surface area contributed by atoms with Crippen molar-refractivity contribution in [2.45, 2.75) is 219 Å². The molecule has 71 heavy (non-hydrogen) atoms. The average molecular weight is 992 g/mol. The third kappa shape index (κ3) is 53.6. The summed E-state index contributed by atoms with van der Waals surface area (Å²) in [5.74, 6) is -2.18. The number of likely N-dealkylation sites (N-methyl/N-ethyl adjacent to an activating group) is 1. The van der Waals surface area contributed by atoms with Crippen LogP contribution in [0, 0.1) is 0 Å². The quantitative estimate of drug-likeness (QED) is 0.0211. The van der Waals surface area contributed by atoms with Crippen LogP contribution in [0.2, 0.25) is 0 Å². The van der Waals surface area contributed by atoms with Crippen LogP contribution in [-0.2, 0) is 33.3 Å². The van der Waals surface area contributed by atoms with Gasteiger partial charge in [-0.25, -0.2) is 4.79 Å². The largest absolute Gasteiger partial charge is 0.477 e. The molecule has 0 aromatic carbocycles. The van der Waals surface area contributed by atoms with E-state index in [9.17, 15) is 19.5 Å². The van der Waals surface area contributed by atoms with Crippen molar-refractivity contribution in [3.05, 3.63) is 109 Å². The number of carboxylic acids is 1. The molecule has 0 aliphatic carbocycles. The van der Waals surface area contributed by atoms with Gasteiger partial charge in [0.25, 0.3) is 6.29 Å². The minimum atomic E-state index is -1.54. The first-order chi connectivity index (χ1) is 34.6. The molecular formula is C62H104NO8+. The van der Waals surface area contributed by atoms with Crippen LogP contribution in [-0.4, -0.2) is 87.4 Å². The number of hydrogen-bond acceptors (Lipinski definition) is 7. The number of aliphatic carboxylic acids is 1. The van der Waals surface area contributed by atoms with Gasteiger partial charge in [0.05, 0.1) is 40.8 Å². The Hall–Kier alpha value is -4.05. The predicted molar refractivity (Wildman–Crippen MR) is 299 cm³/mol. The molecule has 0 saturated heterocycles. The molecule has 0 aromatic heterocycles. The smallest absolute Gasteiger partial charge is 0.361 e. The summed E-state index contributed by atoms with van der Waals surface area (Å²) in [6, 6.07) is 0. The van der Waals surface area contributed by atoms with Gasteiger partial charge >= 0.3 is 17.9 Å². The van der Waals surface area contributed by atoms with Crippen molar-refractivity contribution in [2.24, 2.45) is 0 Å². The molecule has 0 heterocycles. The lowest BCUT2D eigenvalue weighted by atomic mass is 10.0. The van der Waals surface area contributed by atoms with E-state index in [0.29, 0.717) is 17.4 Å². The summed E-state index contributed by atoms with van der Waals surface area (Å²) in [5, 5.41) is 9.67. The zero-order valence-corrected chi connectivity index (χ0v) is 45.8. The van der Waals surface area contributed by atoms with E-state index in [1.165, 1.54) is 103 Å². The summed E-state index contributed by atoms with van der Waals surface area (Å²) < 4.78 is 22.7. The highest BCUT2D eigenvalue weighted by molar-refractivity contribution is 5.72. The van der Waals surface area contributed by atoms with Crippen LogP contribution in [0.4, 0.5) is 0 Å². The van der Waals surface area contributed by atoms with Crippen molar-refractivity contribution in [3.63, 3.8) is 0 Å². The monoisotopic (exact) mass is 991 g/mol. The van der Waals surface area contributed by atoms with Crippen LogP contribution in [0.1, 0.15) is 206 Å². The molecule has 9 nitrogen and oxygen atoms in total. The van der Waals surface area contributed by atoms with Crippen molar-refractivity contribution >= 4 is 17.9 Å². The van der Waals surface area contributed by atoms with Gasteiger partial charge in [-0.1, -0.05) is 226 Å². The molecule has 0 radical (unpaired) electrons. The van der Waals surface area contributed by atoms with Gasteiger partial charge in [0.2, 0.25) is 0 Å². The third-order valence-electron chi connectivity index (χ3n) is 11.6. The van der Waals surface area contributed by atoms with E-state index in [1.807, 2.05) is 33.3 Å². The fraction of sp³-hybridized carbons (Fsp3) is 0.661. The number of carbonyl (C=O) groups excluding carboxylic acids is 2. The molecule has 0 rings (SSSR count). The topological polar surface area (TPSA) is 108 Å². The van der Waals surface area contributed by atoms with Gasteiger partial charge in [-0.05, 0) is 77.0 Å². The van der Waals surface area contributed by atoms with Gasteiger partial charge in [-0.15, -0.1) is 0 Å². The van der Waals surface area contributed by atoms with E-state index in [1.54, 1.807) is 6.08 Å². The fourth-order valence-electron chi connectivity index (χ4n) is 7.32. The first kappa shape index (κ1) is 67.0. The van der Waals surface area contributed by atoms with E-state index in [0.717, 1.165) is 70.6 Å². The first-order valence-corrected chi connectivity index (χ1v) is 28.1. The highest BCUT2D eigenvalue weighted by Gasteiger charge is 2.25. The van der Waals surface area contributed by atoms with Crippen LogP contribution >= 0.6 is 0 Å². The van der Waals surface area contributed by atoms with Crippen molar-refractivity contribution in [3.8, 4) is 0 Å². The van der Waals surface area contributed by atoms with Gasteiger partial charge in [0.1, 0.15) is 13.2 Å². The SMILES string of the molecule is CC/C=C\C/C=C\C/C=C\C/C=C\C/C=C\CC(=O)OC(COC(=O)CCCCCCCCCCCCCCCCCCCC/C=C\C/C=C\C/C=C\C/C=C\CC)COC(OCC[N+](C)(C)C)C(=O)O. The Labute approximate surface area is 434 Å². The Balaban J connectivity index is 4.20. The first-order valence-electron chi connectivity index (χ1n) is 28.1. The maximum atomic E-state index is 12.8. The summed E-state index contributed by atoms with van der Waals surface area (Å²) in [5.41, 5.74) is 0. The molecule has 1 N–H and O–H groups in total. The van der Waals surface area contributed by atoms with E-state index in [2.05, 4.69) is 105 Å². The maximum Gasteiger partial charge on any atom is 0.361 e. The van der Waals surface area contributed by atoms with Crippen LogP contribution < -0.4 is 0 Å². The van der Waals surface area contributed by atoms with Gasteiger partial charge in [0.15, 0.2) is 6.10 Å². The maximum absolute atomic E-state index is 12.8. The summed E-state index contributed by atoms with van der Waals surface area (Å²) in [7, 11) is 5.93. The number of carboxylic acid groups (broad SMARTS) is 1. The molecule has 0 saturated carbocycles. The van der Waals surface area contributed by atoms with Gasteiger partial charge < -0.3 is 28.5 Å². The molecular weight excluding hydrogens is 887 g/mol. The van der Waals surface area contributed by atoms with Crippen molar-refractivity contribution in [1.29, 1.82) is 0 Å². The summed E-state index contributed by atoms with van der Waals surface area (Å²) in [6.45, 7) is 4.53. The Kier molecular flexibility index (Phi) is 49.3. The predicted octanol–water partition coefficient (Wildman–Crippen LogP) is 16.3. The second-order valence-electron chi connectivity index (χ2n) is 19.5. The molecule has 0 spiro atoms. The van der Waals surface area contributed by atoms with Gasteiger partial charge in [-0.3, -0.25) is 9.59 Å². The number of quaternary nitrogens is 1. The fourth-order valence-corrected chi connectivity index (χ4v) is 7.32. The highest BCUT2D eigenvalue weighted by atomic mass is 16.7. The molecule has 0 amide bonds. The Morgan fingerprint density at radius 3 is 1.20 bits per heavy atom. The standard InChI is InChI=1S/C62H103NO8/c1-6-8-10-12-14-16-18-20-22-23-24-25-26-27-28-29-30-31-32-33-34-35-36-37-39-40-42-44-46-48-50-52-59(64)69-56-58(57-70-62(61(66)67)68-55-54-63(3,4)5)71-60(65)53-51-49-47-45-43-41-38-21-19-17-15-13-11-9-7-2/h8-11,14-17,20-22,24-25,38,43,45,49,51,58,62H,6-7,12-13,18-19,23,26-37,39-42,44,46-48,50,52-57H2,1-5H3/p+1/b10-8-,11-9-,16-14-,17-15-,22-20-,25-24-,38-21-,45-43-,51-49-. The minimum Gasteiger partial charge on any atom is -0.477 e. The molecule has 0 aliphatic rings. The number of carbonyl (C=O) groups is 3.